The van der Waals surface area contributed by atoms with E-state index in [0.29, 0.717) is 0 Å². The summed E-state index contributed by atoms with van der Waals surface area (Å²) in [5, 5.41) is 3.42. The third-order valence-electron chi connectivity index (χ3n) is 4.58. The first-order chi connectivity index (χ1) is 10.2. The molecule has 1 saturated carbocycles. The van der Waals surface area contributed by atoms with Crippen LogP contribution in [0.4, 0.5) is 4.39 Å². The number of nitrogens with zero attached hydrogens (tertiary/aromatic N) is 1. The highest BCUT2D eigenvalue weighted by atomic mass is 19.1. The van der Waals surface area contributed by atoms with Crippen LogP contribution in [0.25, 0.3) is 0 Å². The largest absolute Gasteiger partial charge is 0.310 e. The molecule has 1 N–H and O–H groups in total. The second-order valence-corrected chi connectivity index (χ2v) is 6.33. The fourth-order valence-corrected chi connectivity index (χ4v) is 3.45. The number of hydrogen-bond acceptors (Lipinski definition) is 2. The minimum Gasteiger partial charge on any atom is -0.310 e. The van der Waals surface area contributed by atoms with Crippen LogP contribution in [-0.2, 0) is 0 Å². The Morgan fingerprint density at radius 3 is 2.67 bits per heavy atom. The van der Waals surface area contributed by atoms with Crippen molar-refractivity contribution in [1.29, 1.82) is 0 Å². The van der Waals surface area contributed by atoms with Crippen LogP contribution in [0.3, 0.4) is 0 Å². The SMILES string of the molecule is CCNC(CCN(C)CC1CCCC1)c1ccccc1F. The Hall–Kier alpha value is -0.930. The van der Waals surface area contributed by atoms with Crippen molar-refractivity contribution >= 4 is 0 Å². The van der Waals surface area contributed by atoms with E-state index < -0.39 is 0 Å². The fraction of sp³-hybridized carbons (Fsp3) is 0.667. The molecule has 2 nitrogen and oxygen atoms in total. The van der Waals surface area contributed by atoms with E-state index in [9.17, 15) is 4.39 Å². The smallest absolute Gasteiger partial charge is 0.127 e. The molecule has 1 unspecified atom stereocenters. The first kappa shape index (κ1) is 16.4. The lowest BCUT2D eigenvalue weighted by molar-refractivity contribution is 0.262. The third-order valence-corrected chi connectivity index (χ3v) is 4.58. The summed E-state index contributed by atoms with van der Waals surface area (Å²) in [6.07, 6.45) is 6.52. The maximum absolute atomic E-state index is 14.0. The maximum atomic E-state index is 14.0. The first-order valence-corrected chi connectivity index (χ1v) is 8.37. The van der Waals surface area contributed by atoms with E-state index in [2.05, 4.69) is 24.2 Å². The molecule has 0 amide bonds. The summed E-state index contributed by atoms with van der Waals surface area (Å²) in [5.41, 5.74) is 0.800. The molecule has 1 atom stereocenters. The average molecular weight is 292 g/mol. The molecule has 0 spiro atoms. The van der Waals surface area contributed by atoms with Crippen molar-refractivity contribution in [1.82, 2.24) is 10.2 Å². The lowest BCUT2D eigenvalue weighted by atomic mass is 10.0. The Kier molecular flexibility index (Phi) is 6.65. The summed E-state index contributed by atoms with van der Waals surface area (Å²) < 4.78 is 14.0. The summed E-state index contributed by atoms with van der Waals surface area (Å²) in [7, 11) is 2.20. The zero-order valence-electron chi connectivity index (χ0n) is 13.4. The van der Waals surface area contributed by atoms with Gasteiger partial charge in [0, 0.05) is 18.2 Å². The van der Waals surface area contributed by atoms with Gasteiger partial charge in [-0.05, 0) is 51.4 Å². The lowest BCUT2D eigenvalue weighted by Crippen LogP contribution is -2.30. The van der Waals surface area contributed by atoms with Crippen LogP contribution in [0.2, 0.25) is 0 Å². The summed E-state index contributed by atoms with van der Waals surface area (Å²) >= 11 is 0. The van der Waals surface area contributed by atoms with E-state index in [1.54, 1.807) is 12.1 Å². The maximum Gasteiger partial charge on any atom is 0.127 e. The second kappa shape index (κ2) is 8.50. The minimum atomic E-state index is -0.0955. The van der Waals surface area contributed by atoms with Crippen molar-refractivity contribution in [2.75, 3.05) is 26.7 Å². The Bertz CT molecular complexity index is 415. The van der Waals surface area contributed by atoms with Crippen LogP contribution >= 0.6 is 0 Å². The highest BCUT2D eigenvalue weighted by Crippen LogP contribution is 2.26. The van der Waals surface area contributed by atoms with Crippen molar-refractivity contribution in [2.24, 2.45) is 5.92 Å². The van der Waals surface area contributed by atoms with Crippen molar-refractivity contribution in [3.8, 4) is 0 Å². The van der Waals surface area contributed by atoms with Gasteiger partial charge < -0.3 is 10.2 Å². The normalized spacial score (nSPS) is 17.5. The monoisotopic (exact) mass is 292 g/mol. The molecule has 0 radical (unpaired) electrons. The number of hydrogen-bond donors (Lipinski definition) is 1. The van der Waals surface area contributed by atoms with Gasteiger partial charge in [-0.1, -0.05) is 38.0 Å². The zero-order valence-corrected chi connectivity index (χ0v) is 13.4. The Morgan fingerprint density at radius 1 is 1.29 bits per heavy atom. The van der Waals surface area contributed by atoms with Crippen molar-refractivity contribution in [3.63, 3.8) is 0 Å². The van der Waals surface area contributed by atoms with Gasteiger partial charge in [-0.25, -0.2) is 4.39 Å². The molecule has 0 aliphatic heterocycles. The average Bonchev–Trinajstić information content (AvgIpc) is 2.97. The van der Waals surface area contributed by atoms with Gasteiger partial charge in [-0.3, -0.25) is 0 Å². The van der Waals surface area contributed by atoms with Gasteiger partial charge in [0.25, 0.3) is 0 Å². The van der Waals surface area contributed by atoms with Crippen molar-refractivity contribution in [2.45, 2.75) is 45.1 Å². The molecule has 0 aromatic heterocycles. The van der Waals surface area contributed by atoms with E-state index in [0.717, 1.165) is 31.0 Å². The summed E-state index contributed by atoms with van der Waals surface area (Å²) in [6, 6.07) is 7.25. The van der Waals surface area contributed by atoms with Gasteiger partial charge in [0.1, 0.15) is 5.82 Å². The molecular formula is C18H29FN2. The van der Waals surface area contributed by atoms with Crippen LogP contribution in [0, 0.1) is 11.7 Å². The Labute approximate surface area is 128 Å². The third kappa shape index (κ3) is 5.08. The van der Waals surface area contributed by atoms with E-state index in [-0.39, 0.29) is 11.9 Å². The Balaban J connectivity index is 1.86. The van der Waals surface area contributed by atoms with Gasteiger partial charge >= 0.3 is 0 Å². The fourth-order valence-electron chi connectivity index (χ4n) is 3.45. The molecule has 3 heteroatoms. The van der Waals surface area contributed by atoms with E-state index in [1.807, 2.05) is 12.1 Å². The van der Waals surface area contributed by atoms with Crippen LogP contribution in [-0.4, -0.2) is 31.6 Å². The topological polar surface area (TPSA) is 15.3 Å². The van der Waals surface area contributed by atoms with E-state index in [4.69, 9.17) is 0 Å². The predicted molar refractivity (Wildman–Crippen MR) is 86.9 cm³/mol. The molecule has 1 fully saturated rings. The Morgan fingerprint density at radius 2 is 2.00 bits per heavy atom. The van der Waals surface area contributed by atoms with Crippen LogP contribution in [0.5, 0.6) is 0 Å². The van der Waals surface area contributed by atoms with E-state index >= 15 is 0 Å². The molecular weight excluding hydrogens is 263 g/mol. The first-order valence-electron chi connectivity index (χ1n) is 8.37. The molecule has 1 aliphatic carbocycles. The number of nitrogens with one attached hydrogen (secondary N) is 1. The van der Waals surface area contributed by atoms with Gasteiger partial charge in [-0.15, -0.1) is 0 Å². The molecule has 1 aromatic rings. The van der Waals surface area contributed by atoms with Crippen molar-refractivity contribution in [3.05, 3.63) is 35.6 Å². The van der Waals surface area contributed by atoms with Gasteiger partial charge in [0.2, 0.25) is 0 Å². The van der Waals surface area contributed by atoms with Crippen molar-refractivity contribution < 1.29 is 4.39 Å². The van der Waals surface area contributed by atoms with Gasteiger partial charge in [0.05, 0.1) is 0 Å². The van der Waals surface area contributed by atoms with Gasteiger partial charge in [-0.2, -0.15) is 0 Å². The summed E-state index contributed by atoms with van der Waals surface area (Å²) in [4.78, 5) is 2.42. The highest BCUT2D eigenvalue weighted by Gasteiger charge is 2.18. The number of rotatable bonds is 8. The second-order valence-electron chi connectivity index (χ2n) is 6.33. The van der Waals surface area contributed by atoms with E-state index in [1.165, 1.54) is 32.2 Å². The molecule has 1 aliphatic rings. The molecule has 0 bridgehead atoms. The molecule has 0 heterocycles. The van der Waals surface area contributed by atoms with Gasteiger partial charge in [0.15, 0.2) is 0 Å². The van der Waals surface area contributed by atoms with Crippen LogP contribution < -0.4 is 5.32 Å². The zero-order chi connectivity index (χ0) is 15.1. The molecule has 21 heavy (non-hydrogen) atoms. The summed E-state index contributed by atoms with van der Waals surface area (Å²) in [6.45, 7) is 5.15. The predicted octanol–water partition coefficient (Wildman–Crippen LogP) is 3.99. The quantitative estimate of drug-likeness (QED) is 0.779. The van der Waals surface area contributed by atoms with Crippen LogP contribution in [0.1, 0.15) is 50.6 Å². The number of benzene rings is 1. The standard InChI is InChI=1S/C18H29FN2/c1-3-20-18(16-10-6-7-11-17(16)19)12-13-21(2)14-15-8-4-5-9-15/h6-7,10-11,15,18,20H,3-5,8-9,12-14H2,1-2H3. The summed E-state index contributed by atoms with van der Waals surface area (Å²) in [5.74, 6) is 0.781. The molecule has 118 valence electrons. The molecule has 0 saturated heterocycles. The number of halogens is 1. The molecule has 1 aromatic carbocycles. The highest BCUT2D eigenvalue weighted by molar-refractivity contribution is 5.21. The lowest BCUT2D eigenvalue weighted by Gasteiger charge is -2.25. The van der Waals surface area contributed by atoms with Crippen LogP contribution in [0.15, 0.2) is 24.3 Å². The molecule has 2 rings (SSSR count). The minimum absolute atomic E-state index is 0.0955.